The summed E-state index contributed by atoms with van der Waals surface area (Å²) in [6.07, 6.45) is 1.20. The van der Waals surface area contributed by atoms with Gasteiger partial charge in [-0.2, -0.15) is 4.98 Å². The normalized spacial score (nSPS) is 22.0. The fraction of sp³-hybridized carbons (Fsp3) is 0.833. The summed E-state index contributed by atoms with van der Waals surface area (Å²) >= 11 is 0. The molecule has 0 spiro atoms. The molecule has 0 saturated carbocycles. The fourth-order valence-electron chi connectivity index (χ4n) is 3.44. The summed E-state index contributed by atoms with van der Waals surface area (Å²) in [5, 5.41) is 7.44. The minimum Gasteiger partial charge on any atom is -0.379 e. The van der Waals surface area contributed by atoms with Crippen LogP contribution in [0.2, 0.25) is 0 Å². The van der Waals surface area contributed by atoms with Crippen LogP contribution in [0, 0.1) is 5.92 Å². The topological polar surface area (TPSA) is 79.0 Å². The summed E-state index contributed by atoms with van der Waals surface area (Å²) in [5.41, 5.74) is -0.130. The monoisotopic (exact) mass is 492 g/mol. The van der Waals surface area contributed by atoms with E-state index in [1.807, 2.05) is 7.05 Å². The molecule has 8 nitrogen and oxygen atoms in total. The van der Waals surface area contributed by atoms with Crippen molar-refractivity contribution in [1.82, 2.24) is 25.3 Å². The average molecular weight is 492 g/mol. The van der Waals surface area contributed by atoms with Gasteiger partial charge in [-0.15, -0.1) is 24.0 Å². The molecule has 3 heterocycles. The highest BCUT2D eigenvalue weighted by Gasteiger charge is 2.27. The zero-order valence-electron chi connectivity index (χ0n) is 16.9. The first-order chi connectivity index (χ1) is 12.5. The highest BCUT2D eigenvalue weighted by molar-refractivity contribution is 14.0. The Bertz CT molecular complexity index is 609. The molecule has 2 aliphatic rings. The number of rotatable bonds is 4. The van der Waals surface area contributed by atoms with E-state index in [9.17, 15) is 0 Å². The Kier molecular flexibility index (Phi) is 8.29. The number of ether oxygens (including phenoxy) is 1. The Morgan fingerprint density at radius 2 is 2.00 bits per heavy atom. The quantitative estimate of drug-likeness (QED) is 0.390. The van der Waals surface area contributed by atoms with Gasteiger partial charge in [-0.1, -0.05) is 25.9 Å². The van der Waals surface area contributed by atoms with Crippen molar-refractivity contribution in [3.8, 4) is 0 Å². The lowest BCUT2D eigenvalue weighted by Crippen LogP contribution is -2.42. The molecule has 0 radical (unpaired) electrons. The van der Waals surface area contributed by atoms with Crippen molar-refractivity contribution in [2.75, 3.05) is 53.0 Å². The van der Waals surface area contributed by atoms with Crippen LogP contribution in [0.25, 0.3) is 0 Å². The van der Waals surface area contributed by atoms with Gasteiger partial charge in [0.1, 0.15) is 0 Å². The number of hydrogen-bond donors (Lipinski definition) is 1. The Morgan fingerprint density at radius 3 is 2.63 bits per heavy atom. The van der Waals surface area contributed by atoms with Gasteiger partial charge >= 0.3 is 0 Å². The molecule has 3 rings (SSSR count). The second kappa shape index (κ2) is 10.0. The van der Waals surface area contributed by atoms with Gasteiger partial charge in [0.05, 0.1) is 19.8 Å². The van der Waals surface area contributed by atoms with Gasteiger partial charge in [0.2, 0.25) is 5.89 Å². The van der Waals surface area contributed by atoms with Crippen LogP contribution in [-0.2, 0) is 16.7 Å². The van der Waals surface area contributed by atoms with Gasteiger partial charge in [-0.3, -0.25) is 9.89 Å². The van der Waals surface area contributed by atoms with Gasteiger partial charge < -0.3 is 19.5 Å². The maximum atomic E-state index is 5.44. The van der Waals surface area contributed by atoms with E-state index < -0.39 is 0 Å². The predicted octanol–water partition coefficient (Wildman–Crippen LogP) is 1.71. The molecule has 1 unspecified atom stereocenters. The van der Waals surface area contributed by atoms with E-state index in [0.29, 0.717) is 24.2 Å². The highest BCUT2D eigenvalue weighted by Crippen LogP contribution is 2.20. The third-order valence-electron chi connectivity index (χ3n) is 4.93. The highest BCUT2D eigenvalue weighted by atomic mass is 127. The van der Waals surface area contributed by atoms with Crippen molar-refractivity contribution >= 4 is 29.9 Å². The zero-order chi connectivity index (χ0) is 18.6. The molecule has 2 fully saturated rings. The Labute approximate surface area is 179 Å². The summed E-state index contributed by atoms with van der Waals surface area (Å²) < 4.78 is 10.8. The van der Waals surface area contributed by atoms with Crippen LogP contribution in [0.4, 0.5) is 0 Å². The Hall–Kier alpha value is -0.940. The third kappa shape index (κ3) is 6.28. The van der Waals surface area contributed by atoms with Crippen molar-refractivity contribution in [3.63, 3.8) is 0 Å². The summed E-state index contributed by atoms with van der Waals surface area (Å²) in [7, 11) is 1.83. The van der Waals surface area contributed by atoms with Crippen LogP contribution in [-0.4, -0.2) is 78.9 Å². The number of morpholine rings is 1. The summed E-state index contributed by atoms with van der Waals surface area (Å²) in [5.74, 6) is 2.93. The molecule has 9 heteroatoms. The number of nitrogens with one attached hydrogen (secondary N) is 1. The molecular formula is C18H33IN6O2. The molecule has 1 atom stereocenters. The van der Waals surface area contributed by atoms with Gasteiger partial charge in [-0.05, 0) is 12.3 Å². The summed E-state index contributed by atoms with van der Waals surface area (Å²) in [6, 6.07) is 0. The van der Waals surface area contributed by atoms with Gasteiger partial charge in [0.25, 0.3) is 0 Å². The first-order valence-electron chi connectivity index (χ1n) is 9.54. The fourth-order valence-corrected chi connectivity index (χ4v) is 3.44. The molecule has 2 saturated heterocycles. The van der Waals surface area contributed by atoms with E-state index >= 15 is 0 Å². The number of hydrogen-bond acceptors (Lipinski definition) is 6. The molecule has 27 heavy (non-hydrogen) atoms. The lowest BCUT2D eigenvalue weighted by Gasteiger charge is -2.29. The zero-order valence-corrected chi connectivity index (χ0v) is 19.2. The Balaban J connectivity index is 0.00000261. The number of nitrogens with zero attached hydrogens (tertiary/aromatic N) is 5. The maximum Gasteiger partial charge on any atom is 0.232 e. The first-order valence-corrected chi connectivity index (χ1v) is 9.54. The first kappa shape index (κ1) is 22.4. The van der Waals surface area contributed by atoms with E-state index in [4.69, 9.17) is 9.26 Å². The van der Waals surface area contributed by atoms with E-state index in [1.54, 1.807) is 0 Å². The van der Waals surface area contributed by atoms with Crippen LogP contribution < -0.4 is 5.32 Å². The second-order valence-corrected chi connectivity index (χ2v) is 8.18. The van der Waals surface area contributed by atoms with Gasteiger partial charge in [-0.25, -0.2) is 0 Å². The molecule has 1 aromatic rings. The lowest BCUT2D eigenvalue weighted by molar-refractivity contribution is 0.0315. The number of aromatic nitrogens is 2. The SMILES string of the molecule is CN=C(NCc1noc(C(C)(C)C)n1)N1CCC(CN2CCOCC2)C1.I. The summed E-state index contributed by atoms with van der Waals surface area (Å²) in [6.45, 7) is 13.8. The van der Waals surface area contributed by atoms with Crippen molar-refractivity contribution in [2.45, 2.75) is 39.2 Å². The molecule has 154 valence electrons. The van der Waals surface area contributed by atoms with Crippen molar-refractivity contribution in [1.29, 1.82) is 0 Å². The van der Waals surface area contributed by atoms with Crippen LogP contribution in [0.5, 0.6) is 0 Å². The maximum absolute atomic E-state index is 5.44. The van der Waals surface area contributed by atoms with Crippen molar-refractivity contribution in [2.24, 2.45) is 10.9 Å². The molecule has 0 aromatic carbocycles. The standard InChI is InChI=1S/C18H32N6O2.HI/c1-18(2,3)16-21-15(22-26-16)11-20-17(19-4)24-6-5-14(13-24)12-23-7-9-25-10-8-23;/h14H,5-13H2,1-4H3,(H,19,20);1H. The third-order valence-corrected chi connectivity index (χ3v) is 4.93. The molecule has 1 N–H and O–H groups in total. The van der Waals surface area contributed by atoms with E-state index in [-0.39, 0.29) is 29.4 Å². The van der Waals surface area contributed by atoms with Crippen LogP contribution in [0.15, 0.2) is 9.52 Å². The van der Waals surface area contributed by atoms with E-state index in [0.717, 1.165) is 51.9 Å². The number of halogens is 1. The van der Waals surface area contributed by atoms with Gasteiger partial charge in [0, 0.05) is 45.2 Å². The van der Waals surface area contributed by atoms with Crippen LogP contribution >= 0.6 is 24.0 Å². The molecule has 0 amide bonds. The Morgan fingerprint density at radius 1 is 1.26 bits per heavy atom. The summed E-state index contributed by atoms with van der Waals surface area (Å²) in [4.78, 5) is 13.8. The van der Waals surface area contributed by atoms with E-state index in [1.165, 1.54) is 6.42 Å². The van der Waals surface area contributed by atoms with Gasteiger partial charge in [0.15, 0.2) is 11.8 Å². The molecule has 0 bridgehead atoms. The minimum absolute atomic E-state index is 0. The smallest absolute Gasteiger partial charge is 0.232 e. The van der Waals surface area contributed by atoms with Crippen molar-refractivity contribution in [3.05, 3.63) is 11.7 Å². The number of aliphatic imine (C=N–C) groups is 1. The second-order valence-electron chi connectivity index (χ2n) is 8.18. The number of guanidine groups is 1. The van der Waals surface area contributed by atoms with E-state index in [2.05, 4.69) is 51.0 Å². The lowest BCUT2D eigenvalue weighted by atomic mass is 9.97. The predicted molar refractivity (Wildman–Crippen MR) is 116 cm³/mol. The molecule has 1 aromatic heterocycles. The average Bonchev–Trinajstić information content (AvgIpc) is 3.26. The van der Waals surface area contributed by atoms with Crippen LogP contribution in [0.1, 0.15) is 38.9 Å². The molecule has 0 aliphatic carbocycles. The van der Waals surface area contributed by atoms with Crippen LogP contribution in [0.3, 0.4) is 0 Å². The van der Waals surface area contributed by atoms with Crippen molar-refractivity contribution < 1.29 is 9.26 Å². The number of likely N-dealkylation sites (tertiary alicyclic amines) is 1. The molecular weight excluding hydrogens is 459 g/mol. The molecule has 2 aliphatic heterocycles. The largest absolute Gasteiger partial charge is 0.379 e. The minimum atomic E-state index is -0.130.